The fourth-order valence-electron chi connectivity index (χ4n) is 1.26. The van der Waals surface area contributed by atoms with Crippen LogP contribution in [0.2, 0.25) is 0 Å². The van der Waals surface area contributed by atoms with Crippen LogP contribution < -0.4 is 0 Å². The first kappa shape index (κ1) is 13.2. The van der Waals surface area contributed by atoms with E-state index in [1.54, 1.807) is 38.1 Å². The van der Waals surface area contributed by atoms with Gasteiger partial charge in [0, 0.05) is 0 Å². The molecular weight excluding hydrogens is 224 g/mol. The molecule has 0 aromatic heterocycles. The zero-order chi connectivity index (χ0) is 12.3. The number of hydrogen-bond acceptors (Lipinski definition) is 3. The van der Waals surface area contributed by atoms with Crippen molar-refractivity contribution >= 4 is 9.84 Å². The molecule has 0 aliphatic heterocycles. The van der Waals surface area contributed by atoms with Gasteiger partial charge in [-0.2, -0.15) is 0 Å². The summed E-state index contributed by atoms with van der Waals surface area (Å²) in [5, 5.41) is 9.60. The Morgan fingerprint density at radius 3 is 2.12 bits per heavy atom. The zero-order valence-corrected chi connectivity index (χ0v) is 10.7. The number of aryl methyl sites for hydroxylation is 1. The van der Waals surface area contributed by atoms with Crippen LogP contribution in [0.4, 0.5) is 0 Å². The zero-order valence-electron chi connectivity index (χ0n) is 9.84. The van der Waals surface area contributed by atoms with Crippen molar-refractivity contribution in [1.29, 1.82) is 0 Å². The summed E-state index contributed by atoms with van der Waals surface area (Å²) >= 11 is 0. The molecule has 0 amide bonds. The maximum Gasteiger partial charge on any atom is 0.180 e. The van der Waals surface area contributed by atoms with Crippen molar-refractivity contribution in [3.63, 3.8) is 0 Å². The molecule has 1 rings (SSSR count). The van der Waals surface area contributed by atoms with Gasteiger partial charge < -0.3 is 5.11 Å². The fourth-order valence-corrected chi connectivity index (χ4v) is 2.84. The quantitative estimate of drug-likeness (QED) is 0.875. The van der Waals surface area contributed by atoms with Gasteiger partial charge in [0.25, 0.3) is 0 Å². The molecule has 16 heavy (non-hydrogen) atoms. The van der Waals surface area contributed by atoms with E-state index < -0.39 is 15.9 Å². The highest BCUT2D eigenvalue weighted by molar-refractivity contribution is 7.91. The van der Waals surface area contributed by atoms with Gasteiger partial charge in [-0.1, -0.05) is 31.5 Å². The Labute approximate surface area is 97.0 Å². The lowest BCUT2D eigenvalue weighted by Gasteiger charge is -2.14. The number of benzene rings is 1. The number of sulfone groups is 1. The van der Waals surface area contributed by atoms with Crippen molar-refractivity contribution in [3.05, 3.63) is 29.8 Å². The van der Waals surface area contributed by atoms with Crippen LogP contribution in [0.15, 0.2) is 29.2 Å². The van der Waals surface area contributed by atoms with E-state index in [1.165, 1.54) is 0 Å². The smallest absolute Gasteiger partial charge is 0.180 e. The number of rotatable bonds is 4. The Morgan fingerprint density at radius 1 is 1.19 bits per heavy atom. The van der Waals surface area contributed by atoms with Crippen molar-refractivity contribution in [3.8, 4) is 0 Å². The van der Waals surface area contributed by atoms with E-state index in [0.717, 1.165) is 5.56 Å². The molecule has 0 bridgehead atoms. The van der Waals surface area contributed by atoms with Crippen LogP contribution in [0, 0.1) is 12.8 Å². The minimum atomic E-state index is -3.37. The predicted molar refractivity (Wildman–Crippen MR) is 64.1 cm³/mol. The van der Waals surface area contributed by atoms with Gasteiger partial charge in [-0.25, -0.2) is 8.42 Å². The molecule has 1 N–H and O–H groups in total. The Bertz CT molecular complexity index is 432. The molecule has 0 aliphatic carbocycles. The second kappa shape index (κ2) is 4.97. The normalized spacial score (nSPS) is 14.1. The molecule has 0 saturated heterocycles. The highest BCUT2D eigenvalue weighted by Crippen LogP contribution is 2.15. The molecule has 0 fully saturated rings. The van der Waals surface area contributed by atoms with Crippen LogP contribution >= 0.6 is 0 Å². The summed E-state index contributed by atoms with van der Waals surface area (Å²) in [6.45, 7) is 5.50. The van der Waals surface area contributed by atoms with Crippen molar-refractivity contribution in [2.45, 2.75) is 31.8 Å². The molecule has 0 aliphatic rings. The Morgan fingerprint density at radius 2 is 1.69 bits per heavy atom. The van der Waals surface area contributed by atoms with Crippen molar-refractivity contribution in [2.24, 2.45) is 5.92 Å². The lowest BCUT2D eigenvalue weighted by Crippen LogP contribution is -2.25. The summed E-state index contributed by atoms with van der Waals surface area (Å²) < 4.78 is 23.8. The summed E-state index contributed by atoms with van der Waals surface area (Å²) in [6.07, 6.45) is -0.814. The third kappa shape index (κ3) is 3.32. The first-order chi connectivity index (χ1) is 7.33. The van der Waals surface area contributed by atoms with Gasteiger partial charge >= 0.3 is 0 Å². The number of aliphatic hydroxyl groups is 1. The van der Waals surface area contributed by atoms with E-state index >= 15 is 0 Å². The van der Waals surface area contributed by atoms with E-state index in [-0.39, 0.29) is 16.6 Å². The minimum Gasteiger partial charge on any atom is -0.392 e. The van der Waals surface area contributed by atoms with E-state index in [9.17, 15) is 13.5 Å². The van der Waals surface area contributed by atoms with Crippen LogP contribution in [0.5, 0.6) is 0 Å². The summed E-state index contributed by atoms with van der Waals surface area (Å²) in [5.74, 6) is -0.270. The van der Waals surface area contributed by atoms with Gasteiger partial charge in [-0.05, 0) is 25.0 Å². The Balaban J connectivity index is 2.90. The average molecular weight is 242 g/mol. The molecule has 0 spiro atoms. The topological polar surface area (TPSA) is 54.4 Å². The first-order valence-electron chi connectivity index (χ1n) is 5.30. The average Bonchev–Trinajstić information content (AvgIpc) is 2.17. The van der Waals surface area contributed by atoms with E-state index in [0.29, 0.717) is 0 Å². The molecule has 3 nitrogen and oxygen atoms in total. The molecule has 4 heteroatoms. The second-order valence-corrected chi connectivity index (χ2v) is 6.44. The van der Waals surface area contributed by atoms with Crippen LogP contribution in [-0.4, -0.2) is 25.4 Å². The van der Waals surface area contributed by atoms with E-state index in [2.05, 4.69) is 0 Å². The van der Waals surface area contributed by atoms with Crippen LogP contribution in [0.25, 0.3) is 0 Å². The molecule has 90 valence electrons. The van der Waals surface area contributed by atoms with E-state index in [1.807, 2.05) is 6.92 Å². The summed E-state index contributed by atoms with van der Waals surface area (Å²) in [7, 11) is -3.37. The maximum absolute atomic E-state index is 11.9. The second-order valence-electron chi connectivity index (χ2n) is 4.41. The Hall–Kier alpha value is -0.870. The predicted octanol–water partition coefficient (Wildman–Crippen LogP) is 1.79. The minimum absolute atomic E-state index is 0.0553. The van der Waals surface area contributed by atoms with Crippen LogP contribution in [0.3, 0.4) is 0 Å². The summed E-state index contributed by atoms with van der Waals surface area (Å²) in [4.78, 5) is 0.276. The first-order valence-corrected chi connectivity index (χ1v) is 6.95. The van der Waals surface area contributed by atoms with Gasteiger partial charge in [-0.3, -0.25) is 0 Å². The molecule has 0 heterocycles. The molecule has 1 aromatic rings. The lowest BCUT2D eigenvalue weighted by molar-refractivity contribution is 0.147. The highest BCUT2D eigenvalue weighted by atomic mass is 32.2. The van der Waals surface area contributed by atoms with Gasteiger partial charge in [-0.15, -0.1) is 0 Å². The summed E-state index contributed by atoms with van der Waals surface area (Å²) in [6, 6.07) is 6.68. The van der Waals surface area contributed by atoms with Gasteiger partial charge in [0.05, 0.1) is 16.8 Å². The molecule has 1 aromatic carbocycles. The third-order valence-corrected chi connectivity index (χ3v) is 4.31. The van der Waals surface area contributed by atoms with Crippen molar-refractivity contribution in [2.75, 3.05) is 5.75 Å². The SMILES string of the molecule is Cc1ccc(S(=O)(=O)CC(O)C(C)C)cc1. The monoisotopic (exact) mass is 242 g/mol. The number of hydrogen-bond donors (Lipinski definition) is 1. The van der Waals surface area contributed by atoms with E-state index in [4.69, 9.17) is 0 Å². The van der Waals surface area contributed by atoms with Gasteiger partial charge in [0.1, 0.15) is 0 Å². The summed E-state index contributed by atoms with van der Waals surface area (Å²) in [5.41, 5.74) is 1.02. The van der Waals surface area contributed by atoms with Crippen LogP contribution in [0.1, 0.15) is 19.4 Å². The van der Waals surface area contributed by atoms with Crippen molar-refractivity contribution < 1.29 is 13.5 Å². The molecule has 0 saturated carbocycles. The largest absolute Gasteiger partial charge is 0.392 e. The fraction of sp³-hybridized carbons (Fsp3) is 0.500. The van der Waals surface area contributed by atoms with Gasteiger partial charge in [0.15, 0.2) is 9.84 Å². The number of aliphatic hydroxyl groups excluding tert-OH is 1. The highest BCUT2D eigenvalue weighted by Gasteiger charge is 2.21. The molecule has 0 radical (unpaired) electrons. The molecular formula is C12H18O3S. The lowest BCUT2D eigenvalue weighted by atomic mass is 10.1. The molecule has 1 unspecified atom stereocenters. The van der Waals surface area contributed by atoms with Gasteiger partial charge in [0.2, 0.25) is 0 Å². The van der Waals surface area contributed by atoms with Crippen LogP contribution in [-0.2, 0) is 9.84 Å². The maximum atomic E-state index is 11.9. The molecule has 1 atom stereocenters. The third-order valence-electron chi connectivity index (χ3n) is 2.54. The Kier molecular flexibility index (Phi) is 4.10. The standard InChI is InChI=1S/C12H18O3S/c1-9(2)12(13)8-16(14,15)11-6-4-10(3)5-7-11/h4-7,9,12-13H,8H2,1-3H3. The van der Waals surface area contributed by atoms with Crippen molar-refractivity contribution in [1.82, 2.24) is 0 Å².